The van der Waals surface area contributed by atoms with E-state index in [-0.39, 0.29) is 0 Å². The van der Waals surface area contributed by atoms with Crippen molar-refractivity contribution >= 4 is 15.9 Å². The predicted molar refractivity (Wildman–Crippen MR) is 57.1 cm³/mol. The van der Waals surface area contributed by atoms with E-state index in [1.54, 1.807) is 0 Å². The van der Waals surface area contributed by atoms with Crippen molar-refractivity contribution in [2.45, 2.75) is 44.0 Å². The summed E-state index contributed by atoms with van der Waals surface area (Å²) in [6.45, 7) is 2.17. The Kier molecular flexibility index (Phi) is 2.72. The van der Waals surface area contributed by atoms with Crippen molar-refractivity contribution in [2.24, 2.45) is 0 Å². The molecule has 0 bridgehead atoms. The minimum atomic E-state index is 0.674. The fraction of sp³-hybridized carbons (Fsp3) is 0.700. The first-order valence-corrected chi connectivity index (χ1v) is 6.04. The minimum absolute atomic E-state index is 0.674. The molecule has 0 atom stereocenters. The van der Waals surface area contributed by atoms with Crippen molar-refractivity contribution < 1.29 is 0 Å². The molecule has 1 aliphatic carbocycles. The molecule has 1 saturated carbocycles. The molecule has 0 saturated heterocycles. The van der Waals surface area contributed by atoms with Crippen LogP contribution in [-0.4, -0.2) is 9.78 Å². The Hall–Kier alpha value is -0.310. The summed E-state index contributed by atoms with van der Waals surface area (Å²) in [6, 6.07) is 0.674. The second-order valence-corrected chi connectivity index (χ2v) is 4.33. The van der Waals surface area contributed by atoms with E-state index in [1.165, 1.54) is 36.9 Å². The number of nitrogens with zero attached hydrogens (tertiary/aromatic N) is 2. The molecule has 1 aromatic heterocycles. The Morgan fingerprint density at radius 3 is 2.77 bits per heavy atom. The largest absolute Gasteiger partial charge is 0.267 e. The van der Waals surface area contributed by atoms with Crippen LogP contribution in [0.3, 0.4) is 0 Å². The fourth-order valence-corrected chi connectivity index (χ4v) is 2.66. The second-order valence-electron chi connectivity index (χ2n) is 3.77. The van der Waals surface area contributed by atoms with Gasteiger partial charge in [-0.3, -0.25) is 4.68 Å². The van der Waals surface area contributed by atoms with Gasteiger partial charge in [-0.1, -0.05) is 28.8 Å². The molecule has 0 unspecified atom stereocenters. The topological polar surface area (TPSA) is 17.8 Å². The van der Waals surface area contributed by atoms with Gasteiger partial charge in [-0.05, 0) is 19.8 Å². The fourth-order valence-electron chi connectivity index (χ4n) is 2.11. The summed E-state index contributed by atoms with van der Waals surface area (Å²) < 4.78 is 2.21. The average Bonchev–Trinajstić information content (AvgIpc) is 2.72. The van der Waals surface area contributed by atoms with Crippen molar-refractivity contribution in [3.8, 4) is 0 Å². The smallest absolute Gasteiger partial charge is 0.0533 e. The van der Waals surface area contributed by atoms with Gasteiger partial charge in [-0.25, -0.2) is 0 Å². The third kappa shape index (κ3) is 1.66. The van der Waals surface area contributed by atoms with E-state index in [1.807, 2.05) is 6.20 Å². The van der Waals surface area contributed by atoms with Crippen molar-refractivity contribution in [1.29, 1.82) is 0 Å². The maximum absolute atomic E-state index is 4.46. The van der Waals surface area contributed by atoms with Crippen LogP contribution in [0.15, 0.2) is 6.20 Å². The first-order valence-electron chi connectivity index (χ1n) is 4.92. The molecule has 3 heteroatoms. The quantitative estimate of drug-likeness (QED) is 0.729. The van der Waals surface area contributed by atoms with Gasteiger partial charge >= 0.3 is 0 Å². The van der Waals surface area contributed by atoms with Gasteiger partial charge in [0, 0.05) is 16.6 Å². The molecular formula is C10H15BrN2. The zero-order valence-corrected chi connectivity index (χ0v) is 9.55. The van der Waals surface area contributed by atoms with Crippen LogP contribution in [0.5, 0.6) is 0 Å². The van der Waals surface area contributed by atoms with Crippen molar-refractivity contribution in [2.75, 3.05) is 0 Å². The summed E-state index contributed by atoms with van der Waals surface area (Å²) in [5, 5.41) is 5.38. The maximum atomic E-state index is 4.46. The molecule has 0 N–H and O–H groups in total. The molecule has 0 spiro atoms. The second kappa shape index (κ2) is 3.82. The minimum Gasteiger partial charge on any atom is -0.267 e. The lowest BCUT2D eigenvalue weighted by molar-refractivity contribution is 0.456. The van der Waals surface area contributed by atoms with E-state index in [2.05, 4.69) is 32.6 Å². The first kappa shape index (κ1) is 9.25. The first-order chi connectivity index (χ1) is 6.33. The molecule has 1 fully saturated rings. The van der Waals surface area contributed by atoms with E-state index in [4.69, 9.17) is 0 Å². The summed E-state index contributed by atoms with van der Waals surface area (Å²) in [6.07, 6.45) is 7.35. The number of alkyl halides is 1. The van der Waals surface area contributed by atoms with Gasteiger partial charge in [0.1, 0.15) is 0 Å². The Balaban J connectivity index is 2.24. The monoisotopic (exact) mass is 242 g/mol. The number of hydrogen-bond donors (Lipinski definition) is 0. The SMILES string of the molecule is Cc1c(CBr)cnn1C1CCCC1. The molecule has 0 aliphatic heterocycles. The number of rotatable bonds is 2. The van der Waals surface area contributed by atoms with Gasteiger partial charge < -0.3 is 0 Å². The highest BCUT2D eigenvalue weighted by Gasteiger charge is 2.19. The Bertz CT molecular complexity index is 287. The van der Waals surface area contributed by atoms with Gasteiger partial charge in [0.15, 0.2) is 0 Å². The summed E-state index contributed by atoms with van der Waals surface area (Å²) >= 11 is 3.48. The molecular weight excluding hydrogens is 228 g/mol. The molecule has 13 heavy (non-hydrogen) atoms. The molecule has 1 aliphatic rings. The Labute approximate surface area is 87.5 Å². The summed E-state index contributed by atoms with van der Waals surface area (Å²) in [5.41, 5.74) is 2.66. The van der Waals surface area contributed by atoms with Gasteiger partial charge in [0.2, 0.25) is 0 Å². The van der Waals surface area contributed by atoms with Crippen LogP contribution in [0.1, 0.15) is 43.0 Å². The molecule has 1 heterocycles. The van der Waals surface area contributed by atoms with Gasteiger partial charge in [-0.15, -0.1) is 0 Å². The summed E-state index contributed by atoms with van der Waals surface area (Å²) in [7, 11) is 0. The predicted octanol–water partition coefficient (Wildman–Crippen LogP) is 3.20. The van der Waals surface area contributed by atoms with Gasteiger partial charge in [0.25, 0.3) is 0 Å². The highest BCUT2D eigenvalue weighted by Crippen LogP contribution is 2.30. The molecule has 2 rings (SSSR count). The van der Waals surface area contributed by atoms with Crippen molar-refractivity contribution in [1.82, 2.24) is 9.78 Å². The third-order valence-electron chi connectivity index (χ3n) is 2.96. The molecule has 0 aromatic carbocycles. The van der Waals surface area contributed by atoms with Gasteiger partial charge in [0.05, 0.1) is 12.2 Å². The molecule has 0 radical (unpaired) electrons. The maximum Gasteiger partial charge on any atom is 0.0533 e. The Morgan fingerprint density at radius 1 is 1.54 bits per heavy atom. The normalized spacial score (nSPS) is 18.3. The van der Waals surface area contributed by atoms with Crippen LogP contribution in [0.2, 0.25) is 0 Å². The lowest BCUT2D eigenvalue weighted by Crippen LogP contribution is -2.08. The van der Waals surface area contributed by atoms with E-state index in [9.17, 15) is 0 Å². The summed E-state index contributed by atoms with van der Waals surface area (Å²) in [5.74, 6) is 0. The van der Waals surface area contributed by atoms with E-state index in [0.717, 1.165) is 5.33 Å². The molecule has 2 nitrogen and oxygen atoms in total. The lowest BCUT2D eigenvalue weighted by atomic mass is 10.2. The lowest BCUT2D eigenvalue weighted by Gasteiger charge is -2.12. The van der Waals surface area contributed by atoms with E-state index in [0.29, 0.717) is 6.04 Å². The molecule has 1 aromatic rings. The Morgan fingerprint density at radius 2 is 2.23 bits per heavy atom. The zero-order valence-electron chi connectivity index (χ0n) is 7.96. The van der Waals surface area contributed by atoms with Crippen LogP contribution < -0.4 is 0 Å². The van der Waals surface area contributed by atoms with Crippen LogP contribution in [0, 0.1) is 6.92 Å². The molecule has 0 amide bonds. The average molecular weight is 243 g/mol. The third-order valence-corrected chi connectivity index (χ3v) is 3.56. The van der Waals surface area contributed by atoms with Crippen molar-refractivity contribution in [3.05, 3.63) is 17.5 Å². The summed E-state index contributed by atoms with van der Waals surface area (Å²) in [4.78, 5) is 0. The number of hydrogen-bond acceptors (Lipinski definition) is 1. The van der Waals surface area contributed by atoms with Crippen LogP contribution >= 0.6 is 15.9 Å². The standard InChI is InChI=1S/C10H15BrN2/c1-8-9(6-11)7-12-13(8)10-4-2-3-5-10/h7,10H,2-6H2,1H3. The zero-order chi connectivity index (χ0) is 9.26. The number of aromatic nitrogens is 2. The van der Waals surface area contributed by atoms with Crippen LogP contribution in [0.25, 0.3) is 0 Å². The van der Waals surface area contributed by atoms with Crippen molar-refractivity contribution in [3.63, 3.8) is 0 Å². The van der Waals surface area contributed by atoms with Crippen LogP contribution in [0.4, 0.5) is 0 Å². The van der Waals surface area contributed by atoms with E-state index < -0.39 is 0 Å². The highest BCUT2D eigenvalue weighted by atomic mass is 79.9. The highest BCUT2D eigenvalue weighted by molar-refractivity contribution is 9.08. The molecule has 72 valence electrons. The van der Waals surface area contributed by atoms with Gasteiger partial charge in [-0.2, -0.15) is 5.10 Å². The van der Waals surface area contributed by atoms with Crippen LogP contribution in [-0.2, 0) is 5.33 Å². The number of halogens is 1. The van der Waals surface area contributed by atoms with E-state index >= 15 is 0 Å².